The monoisotopic (exact) mass is 382 g/mol. The number of nitrogens with one attached hydrogen (secondary N) is 1. The van der Waals surface area contributed by atoms with Crippen molar-refractivity contribution in [3.63, 3.8) is 0 Å². The molecule has 1 fully saturated rings. The number of H-pyrrole nitrogens is 1. The first kappa shape index (κ1) is 18.2. The van der Waals surface area contributed by atoms with Crippen molar-refractivity contribution in [2.24, 2.45) is 0 Å². The van der Waals surface area contributed by atoms with Gasteiger partial charge >= 0.3 is 0 Å². The number of aromatic amines is 1. The molecule has 0 bridgehead atoms. The van der Waals surface area contributed by atoms with Crippen molar-refractivity contribution in [3.05, 3.63) is 75.3 Å². The molecule has 1 atom stereocenters. The summed E-state index contributed by atoms with van der Waals surface area (Å²) < 4.78 is 0. The van der Waals surface area contributed by atoms with Gasteiger partial charge in [-0.2, -0.15) is 0 Å². The van der Waals surface area contributed by atoms with Crippen LogP contribution in [0, 0.1) is 0 Å². The number of hydrogen-bond donors (Lipinski definition) is 1. The Bertz CT molecular complexity index is 995. The summed E-state index contributed by atoms with van der Waals surface area (Å²) in [6, 6.07) is 15.6. The molecule has 1 aliphatic rings. The molecule has 1 aromatic heterocycles. The van der Waals surface area contributed by atoms with Crippen molar-refractivity contribution in [2.45, 2.75) is 19.5 Å². The van der Waals surface area contributed by atoms with E-state index in [4.69, 9.17) is 11.6 Å². The van der Waals surface area contributed by atoms with E-state index in [1.54, 1.807) is 0 Å². The molecule has 4 rings (SSSR count). The van der Waals surface area contributed by atoms with E-state index in [2.05, 4.69) is 32.8 Å². The lowest BCUT2D eigenvalue weighted by Gasteiger charge is -2.37. The van der Waals surface area contributed by atoms with Crippen LogP contribution in [0.3, 0.4) is 0 Å². The van der Waals surface area contributed by atoms with Gasteiger partial charge in [-0.05, 0) is 36.8 Å². The Hall–Kier alpha value is -2.21. The van der Waals surface area contributed by atoms with Gasteiger partial charge in [0, 0.05) is 37.7 Å². The van der Waals surface area contributed by atoms with Crippen molar-refractivity contribution in [3.8, 4) is 0 Å². The van der Waals surface area contributed by atoms with Gasteiger partial charge in [0.1, 0.15) is 5.82 Å². The van der Waals surface area contributed by atoms with Gasteiger partial charge in [-0.25, -0.2) is 4.98 Å². The van der Waals surface area contributed by atoms with Crippen LogP contribution in [0.15, 0.2) is 53.3 Å². The van der Waals surface area contributed by atoms with Gasteiger partial charge in [-0.15, -0.1) is 0 Å². The quantitative estimate of drug-likeness (QED) is 0.750. The molecule has 6 heteroatoms. The van der Waals surface area contributed by atoms with E-state index in [0.717, 1.165) is 49.1 Å². The summed E-state index contributed by atoms with van der Waals surface area (Å²) in [6.45, 7) is 6.87. The molecule has 1 saturated heterocycles. The molecule has 1 aliphatic heterocycles. The summed E-state index contributed by atoms with van der Waals surface area (Å²) in [5.41, 5.74) is 1.93. The van der Waals surface area contributed by atoms with Crippen LogP contribution in [0.1, 0.15) is 24.4 Å². The van der Waals surface area contributed by atoms with Gasteiger partial charge in [-0.1, -0.05) is 35.9 Å². The second-order valence-electron chi connectivity index (χ2n) is 7.09. The molecule has 3 aromatic rings. The van der Waals surface area contributed by atoms with Crippen molar-refractivity contribution in [1.82, 2.24) is 19.8 Å². The number of benzene rings is 2. The molecule has 0 amide bonds. The molecule has 0 radical (unpaired) electrons. The summed E-state index contributed by atoms with van der Waals surface area (Å²) in [5.74, 6) is 0.738. The van der Waals surface area contributed by atoms with Crippen LogP contribution >= 0.6 is 11.6 Å². The highest BCUT2D eigenvalue weighted by molar-refractivity contribution is 6.30. The van der Waals surface area contributed by atoms with Gasteiger partial charge in [-0.3, -0.25) is 14.6 Å². The highest BCUT2D eigenvalue weighted by Gasteiger charge is 2.24. The highest BCUT2D eigenvalue weighted by Crippen LogP contribution is 2.20. The number of halogens is 1. The lowest BCUT2D eigenvalue weighted by molar-refractivity contribution is 0.0948. The van der Waals surface area contributed by atoms with Crippen LogP contribution in [0.2, 0.25) is 5.02 Å². The molecule has 1 N–H and O–H groups in total. The normalized spacial score (nSPS) is 17.3. The maximum absolute atomic E-state index is 12.3. The molecular formula is C21H23ClN4O. The lowest BCUT2D eigenvalue weighted by Crippen LogP contribution is -2.47. The number of rotatable bonds is 4. The number of para-hydroxylation sites is 1. The zero-order valence-electron chi connectivity index (χ0n) is 15.4. The minimum atomic E-state index is -0.0676. The number of piperazine rings is 1. The fraction of sp³-hybridized carbons (Fsp3) is 0.333. The van der Waals surface area contributed by atoms with Crippen LogP contribution in [-0.2, 0) is 6.54 Å². The molecule has 0 spiro atoms. The van der Waals surface area contributed by atoms with Crippen molar-refractivity contribution >= 4 is 22.5 Å². The Morgan fingerprint density at radius 1 is 1.11 bits per heavy atom. The van der Waals surface area contributed by atoms with Gasteiger partial charge < -0.3 is 4.98 Å². The third kappa shape index (κ3) is 4.05. The minimum absolute atomic E-state index is 0.0676. The molecule has 140 valence electrons. The van der Waals surface area contributed by atoms with Gasteiger partial charge in [0.25, 0.3) is 5.56 Å². The molecule has 0 saturated carbocycles. The molecule has 27 heavy (non-hydrogen) atoms. The van der Waals surface area contributed by atoms with Crippen LogP contribution in [0.5, 0.6) is 0 Å². The second kappa shape index (κ2) is 7.80. The van der Waals surface area contributed by atoms with E-state index in [9.17, 15) is 4.79 Å². The summed E-state index contributed by atoms with van der Waals surface area (Å²) in [4.78, 5) is 24.8. The fourth-order valence-corrected chi connectivity index (χ4v) is 3.89. The Morgan fingerprint density at radius 2 is 1.89 bits per heavy atom. The Kier molecular flexibility index (Phi) is 5.25. The van der Waals surface area contributed by atoms with Crippen molar-refractivity contribution < 1.29 is 0 Å². The highest BCUT2D eigenvalue weighted by atomic mass is 35.5. The van der Waals surface area contributed by atoms with Crippen LogP contribution in [-0.4, -0.2) is 45.9 Å². The standard InChI is InChI=1S/C21H23ClN4O/c1-15(20-23-19-8-3-2-7-18(19)21(27)24-20)26-11-9-25(10-12-26)14-16-5-4-6-17(22)13-16/h2-8,13,15H,9-12,14H2,1H3,(H,23,24,27)/t15-/m1/s1. The van der Waals surface area contributed by atoms with Crippen LogP contribution in [0.25, 0.3) is 10.9 Å². The molecule has 0 unspecified atom stereocenters. The van der Waals surface area contributed by atoms with E-state index in [1.165, 1.54) is 5.56 Å². The topological polar surface area (TPSA) is 52.2 Å². The number of fused-ring (bicyclic) bond motifs is 1. The van der Waals surface area contributed by atoms with E-state index in [1.807, 2.05) is 42.5 Å². The predicted molar refractivity (Wildman–Crippen MR) is 109 cm³/mol. The average Bonchev–Trinajstić information content (AvgIpc) is 2.68. The zero-order valence-corrected chi connectivity index (χ0v) is 16.1. The Labute approximate surface area is 163 Å². The van der Waals surface area contributed by atoms with Crippen molar-refractivity contribution in [1.29, 1.82) is 0 Å². The SMILES string of the molecule is C[C@H](c1nc2ccccc2c(=O)[nH]1)N1CCN(Cc2cccc(Cl)c2)CC1. The largest absolute Gasteiger partial charge is 0.309 e. The zero-order chi connectivity index (χ0) is 18.8. The third-order valence-electron chi connectivity index (χ3n) is 5.28. The van der Waals surface area contributed by atoms with Gasteiger partial charge in [0.15, 0.2) is 0 Å². The lowest BCUT2D eigenvalue weighted by atomic mass is 10.1. The first-order valence-electron chi connectivity index (χ1n) is 9.30. The summed E-state index contributed by atoms with van der Waals surface area (Å²) in [6.07, 6.45) is 0. The van der Waals surface area contributed by atoms with E-state index in [0.29, 0.717) is 5.39 Å². The molecular weight excluding hydrogens is 360 g/mol. The molecule has 5 nitrogen and oxygen atoms in total. The van der Waals surface area contributed by atoms with Gasteiger partial charge in [0.2, 0.25) is 0 Å². The molecule has 2 aromatic carbocycles. The third-order valence-corrected chi connectivity index (χ3v) is 5.51. The average molecular weight is 383 g/mol. The van der Waals surface area contributed by atoms with Crippen LogP contribution < -0.4 is 5.56 Å². The maximum atomic E-state index is 12.3. The molecule has 2 heterocycles. The summed E-state index contributed by atoms with van der Waals surface area (Å²) in [5, 5.41) is 1.42. The summed E-state index contributed by atoms with van der Waals surface area (Å²) in [7, 11) is 0. The smallest absolute Gasteiger partial charge is 0.258 e. The number of hydrogen-bond acceptors (Lipinski definition) is 4. The first-order chi connectivity index (χ1) is 13.1. The number of aromatic nitrogens is 2. The van der Waals surface area contributed by atoms with Gasteiger partial charge in [0.05, 0.1) is 16.9 Å². The predicted octanol–water partition coefficient (Wildman–Crippen LogP) is 3.46. The Morgan fingerprint density at radius 3 is 2.67 bits per heavy atom. The minimum Gasteiger partial charge on any atom is -0.309 e. The Balaban J connectivity index is 1.43. The second-order valence-corrected chi connectivity index (χ2v) is 7.52. The van der Waals surface area contributed by atoms with Crippen molar-refractivity contribution in [2.75, 3.05) is 26.2 Å². The number of nitrogens with zero attached hydrogens (tertiary/aromatic N) is 3. The summed E-state index contributed by atoms with van der Waals surface area (Å²) >= 11 is 6.09. The molecule has 0 aliphatic carbocycles. The maximum Gasteiger partial charge on any atom is 0.258 e. The van der Waals surface area contributed by atoms with Crippen LogP contribution in [0.4, 0.5) is 0 Å². The first-order valence-corrected chi connectivity index (χ1v) is 9.68. The van der Waals surface area contributed by atoms with E-state index >= 15 is 0 Å². The van der Waals surface area contributed by atoms with E-state index < -0.39 is 0 Å². The van der Waals surface area contributed by atoms with E-state index in [-0.39, 0.29) is 11.6 Å². The fourth-order valence-electron chi connectivity index (χ4n) is 3.68.